The van der Waals surface area contributed by atoms with Crippen molar-refractivity contribution in [3.8, 4) is 11.4 Å². The third-order valence-corrected chi connectivity index (χ3v) is 3.31. The molecule has 20 heavy (non-hydrogen) atoms. The van der Waals surface area contributed by atoms with E-state index in [2.05, 4.69) is 15.1 Å². The third kappa shape index (κ3) is 2.28. The van der Waals surface area contributed by atoms with E-state index in [1.807, 2.05) is 44.2 Å². The highest BCUT2D eigenvalue weighted by Crippen LogP contribution is 2.24. The van der Waals surface area contributed by atoms with Crippen molar-refractivity contribution in [2.24, 2.45) is 11.7 Å². The second kappa shape index (κ2) is 5.02. The van der Waals surface area contributed by atoms with Gasteiger partial charge in [-0.2, -0.15) is 4.98 Å². The van der Waals surface area contributed by atoms with Crippen molar-refractivity contribution in [3.05, 3.63) is 42.4 Å². The molecule has 1 aromatic carbocycles. The normalized spacial score (nSPS) is 13.0. The molecule has 102 valence electrons. The predicted molar refractivity (Wildman–Crippen MR) is 76.8 cm³/mol. The zero-order chi connectivity index (χ0) is 14.1. The molecule has 5 heteroatoms. The maximum absolute atomic E-state index is 6.01. The summed E-state index contributed by atoms with van der Waals surface area (Å²) in [5, 5.41) is 5.06. The van der Waals surface area contributed by atoms with Crippen molar-refractivity contribution in [2.45, 2.75) is 19.9 Å². The summed E-state index contributed by atoms with van der Waals surface area (Å²) in [6.07, 6.45) is 1.77. The number of aromatic nitrogens is 3. The van der Waals surface area contributed by atoms with Gasteiger partial charge in [0.2, 0.25) is 11.7 Å². The third-order valence-electron chi connectivity index (χ3n) is 3.31. The molecule has 2 aromatic heterocycles. The number of nitrogens with two attached hydrogens (primary N) is 1. The van der Waals surface area contributed by atoms with E-state index in [1.165, 1.54) is 0 Å². The average Bonchev–Trinajstić information content (AvgIpc) is 2.95. The molecule has 0 fully saturated rings. The van der Waals surface area contributed by atoms with Crippen molar-refractivity contribution in [2.75, 3.05) is 0 Å². The van der Waals surface area contributed by atoms with Crippen LogP contribution in [0.4, 0.5) is 0 Å². The summed E-state index contributed by atoms with van der Waals surface area (Å²) >= 11 is 0. The first-order valence-corrected chi connectivity index (χ1v) is 6.59. The predicted octanol–water partition coefficient (Wildman–Crippen LogP) is 2.94. The van der Waals surface area contributed by atoms with Crippen LogP contribution in [0.2, 0.25) is 0 Å². The molecule has 0 aliphatic rings. The molecule has 2 heterocycles. The smallest absolute Gasteiger partial charge is 0.244 e. The van der Waals surface area contributed by atoms with Crippen molar-refractivity contribution in [1.29, 1.82) is 0 Å². The van der Waals surface area contributed by atoms with Crippen LogP contribution in [0.15, 0.2) is 41.1 Å². The average molecular weight is 268 g/mol. The van der Waals surface area contributed by atoms with Crippen LogP contribution in [-0.4, -0.2) is 15.1 Å². The lowest BCUT2D eigenvalue weighted by molar-refractivity contribution is 0.325. The largest absolute Gasteiger partial charge is 0.337 e. The lowest BCUT2D eigenvalue weighted by Crippen LogP contribution is -2.16. The molecule has 0 amide bonds. The van der Waals surface area contributed by atoms with Crippen LogP contribution in [0.3, 0.4) is 0 Å². The molecule has 1 unspecified atom stereocenters. The molecule has 3 rings (SSSR count). The summed E-state index contributed by atoms with van der Waals surface area (Å²) in [7, 11) is 0. The van der Waals surface area contributed by atoms with Gasteiger partial charge in [-0.05, 0) is 30.2 Å². The second-order valence-corrected chi connectivity index (χ2v) is 5.14. The molecule has 0 spiro atoms. The molecular formula is C15H16N4O. The second-order valence-electron chi connectivity index (χ2n) is 5.14. The molecule has 0 aliphatic carbocycles. The minimum atomic E-state index is -0.238. The summed E-state index contributed by atoms with van der Waals surface area (Å²) in [6, 6.07) is 9.55. The maximum Gasteiger partial charge on any atom is 0.244 e. The van der Waals surface area contributed by atoms with E-state index >= 15 is 0 Å². The van der Waals surface area contributed by atoms with Crippen LogP contribution < -0.4 is 5.73 Å². The van der Waals surface area contributed by atoms with E-state index in [0.29, 0.717) is 11.7 Å². The van der Waals surface area contributed by atoms with E-state index < -0.39 is 0 Å². The number of nitrogens with zero attached hydrogens (tertiary/aromatic N) is 3. The van der Waals surface area contributed by atoms with E-state index in [1.54, 1.807) is 6.20 Å². The van der Waals surface area contributed by atoms with Crippen molar-refractivity contribution >= 4 is 10.9 Å². The Labute approximate surface area is 116 Å². The number of pyridine rings is 1. The van der Waals surface area contributed by atoms with Crippen LogP contribution in [0, 0.1) is 5.92 Å². The highest BCUT2D eigenvalue weighted by atomic mass is 16.5. The summed E-state index contributed by atoms with van der Waals surface area (Å²) in [5.41, 5.74) is 7.86. The fraction of sp³-hybridized carbons (Fsp3) is 0.267. The molecule has 1 atom stereocenters. The Morgan fingerprint density at radius 2 is 2.05 bits per heavy atom. The molecular weight excluding hydrogens is 252 g/mol. The van der Waals surface area contributed by atoms with Crippen LogP contribution in [0.1, 0.15) is 25.8 Å². The molecule has 0 bridgehead atoms. The molecule has 0 radical (unpaired) electrons. The van der Waals surface area contributed by atoms with E-state index in [9.17, 15) is 0 Å². The lowest BCUT2D eigenvalue weighted by Gasteiger charge is -2.09. The van der Waals surface area contributed by atoms with Gasteiger partial charge in [-0.1, -0.05) is 25.1 Å². The van der Waals surface area contributed by atoms with Gasteiger partial charge in [0.05, 0.1) is 11.6 Å². The molecule has 3 aromatic rings. The number of rotatable bonds is 3. The number of benzene rings is 1. The van der Waals surface area contributed by atoms with Gasteiger partial charge < -0.3 is 10.3 Å². The van der Waals surface area contributed by atoms with Crippen LogP contribution in [-0.2, 0) is 0 Å². The van der Waals surface area contributed by atoms with Crippen molar-refractivity contribution in [3.63, 3.8) is 0 Å². The maximum atomic E-state index is 6.01. The number of fused-ring (bicyclic) bond motifs is 1. The quantitative estimate of drug-likeness (QED) is 0.790. The molecule has 2 N–H and O–H groups in total. The van der Waals surface area contributed by atoms with Crippen LogP contribution in [0.5, 0.6) is 0 Å². The number of hydrogen-bond acceptors (Lipinski definition) is 5. The zero-order valence-electron chi connectivity index (χ0n) is 11.4. The molecule has 0 aliphatic heterocycles. The van der Waals surface area contributed by atoms with Crippen LogP contribution in [0.25, 0.3) is 22.3 Å². The van der Waals surface area contributed by atoms with Crippen molar-refractivity contribution < 1.29 is 4.52 Å². The van der Waals surface area contributed by atoms with Gasteiger partial charge in [0.15, 0.2) is 0 Å². The first-order chi connectivity index (χ1) is 9.65. The molecule has 0 saturated heterocycles. The monoisotopic (exact) mass is 268 g/mol. The van der Waals surface area contributed by atoms with Gasteiger partial charge in [0.25, 0.3) is 0 Å². The van der Waals surface area contributed by atoms with Crippen molar-refractivity contribution in [1.82, 2.24) is 15.1 Å². The van der Waals surface area contributed by atoms with Gasteiger partial charge in [-0.3, -0.25) is 4.98 Å². The van der Waals surface area contributed by atoms with Gasteiger partial charge in [-0.15, -0.1) is 0 Å². The Hall–Kier alpha value is -2.27. The van der Waals surface area contributed by atoms with Crippen LogP contribution >= 0.6 is 0 Å². The minimum absolute atomic E-state index is 0.238. The summed E-state index contributed by atoms with van der Waals surface area (Å²) in [6.45, 7) is 4.05. The summed E-state index contributed by atoms with van der Waals surface area (Å²) in [5.74, 6) is 1.28. The highest BCUT2D eigenvalue weighted by Gasteiger charge is 2.18. The summed E-state index contributed by atoms with van der Waals surface area (Å²) in [4.78, 5) is 8.67. The number of hydrogen-bond donors (Lipinski definition) is 1. The first kappa shape index (κ1) is 12.7. The topological polar surface area (TPSA) is 77.8 Å². The van der Waals surface area contributed by atoms with Gasteiger partial charge in [0.1, 0.15) is 0 Å². The standard InChI is InChI=1S/C15H16N4O/c1-9(2)13(16)15-18-14(19-20-15)11-5-6-12-10(8-11)4-3-7-17-12/h3-9,13H,16H2,1-2H3. The Morgan fingerprint density at radius 3 is 2.85 bits per heavy atom. The Bertz CT molecular complexity index is 735. The Kier molecular flexibility index (Phi) is 3.20. The van der Waals surface area contributed by atoms with E-state index in [-0.39, 0.29) is 12.0 Å². The van der Waals surface area contributed by atoms with Gasteiger partial charge in [-0.25, -0.2) is 0 Å². The van der Waals surface area contributed by atoms with E-state index in [4.69, 9.17) is 10.3 Å². The highest BCUT2D eigenvalue weighted by molar-refractivity contribution is 5.82. The Morgan fingerprint density at radius 1 is 1.20 bits per heavy atom. The minimum Gasteiger partial charge on any atom is -0.337 e. The summed E-state index contributed by atoms with van der Waals surface area (Å²) < 4.78 is 5.25. The fourth-order valence-corrected chi connectivity index (χ4v) is 1.99. The van der Waals surface area contributed by atoms with E-state index in [0.717, 1.165) is 16.5 Å². The first-order valence-electron chi connectivity index (χ1n) is 6.59. The Balaban J connectivity index is 1.99. The molecule has 0 saturated carbocycles. The lowest BCUT2D eigenvalue weighted by atomic mass is 10.1. The fourth-order valence-electron chi connectivity index (χ4n) is 1.99. The van der Waals surface area contributed by atoms with Gasteiger partial charge in [0, 0.05) is 17.1 Å². The zero-order valence-corrected chi connectivity index (χ0v) is 11.4. The SMILES string of the molecule is CC(C)C(N)c1nc(-c2ccc3ncccc3c2)no1. The molecule has 5 nitrogen and oxygen atoms in total. The van der Waals surface area contributed by atoms with Gasteiger partial charge >= 0.3 is 0 Å².